The van der Waals surface area contributed by atoms with Crippen molar-refractivity contribution in [2.75, 3.05) is 6.61 Å². The Kier molecular flexibility index (Phi) is 6.75. The monoisotopic (exact) mass is 319 g/mol. The maximum absolute atomic E-state index is 11.7. The van der Waals surface area contributed by atoms with E-state index in [2.05, 4.69) is 15.8 Å². The average Bonchev–Trinajstić information content (AvgIpc) is 2.42. The largest absolute Gasteiger partial charge is 0.484 e. The Bertz CT molecular complexity index is 572. The molecule has 1 rings (SSSR count). The number of benzene rings is 1. The second kappa shape index (κ2) is 8.31. The first-order valence-electron chi connectivity index (χ1n) is 7.48. The van der Waals surface area contributed by atoms with Gasteiger partial charge >= 0.3 is 0 Å². The number of nitrogens with one attached hydrogen (secondary N) is 2. The molecule has 2 amide bonds. The van der Waals surface area contributed by atoms with Crippen LogP contribution in [0.5, 0.6) is 5.75 Å². The van der Waals surface area contributed by atoms with Gasteiger partial charge in [-0.05, 0) is 46.8 Å². The van der Waals surface area contributed by atoms with Gasteiger partial charge in [-0.15, -0.1) is 0 Å². The summed E-state index contributed by atoms with van der Waals surface area (Å²) in [6, 6.07) is 7.41. The number of hydrogen-bond acceptors (Lipinski definition) is 4. The average molecular weight is 319 g/mol. The van der Waals surface area contributed by atoms with Gasteiger partial charge in [0.05, 0.1) is 6.42 Å². The van der Waals surface area contributed by atoms with Crippen molar-refractivity contribution in [3.63, 3.8) is 0 Å². The molecule has 0 unspecified atom stereocenters. The quantitative estimate of drug-likeness (QED) is 0.623. The van der Waals surface area contributed by atoms with E-state index in [4.69, 9.17) is 4.74 Å². The Morgan fingerprint density at radius 2 is 1.74 bits per heavy atom. The van der Waals surface area contributed by atoms with Gasteiger partial charge in [-0.2, -0.15) is 5.10 Å². The van der Waals surface area contributed by atoms with E-state index in [9.17, 15) is 9.59 Å². The maximum atomic E-state index is 11.7. The number of nitrogens with zero attached hydrogens (tertiary/aromatic N) is 1. The molecule has 0 heterocycles. The Morgan fingerprint density at radius 1 is 1.13 bits per heavy atom. The summed E-state index contributed by atoms with van der Waals surface area (Å²) >= 11 is 0. The lowest BCUT2D eigenvalue weighted by Crippen LogP contribution is -2.41. The summed E-state index contributed by atoms with van der Waals surface area (Å²) in [5.74, 6) is 0.112. The standard InChI is InChI=1S/C17H25N3O3/c1-12-6-8-14(9-7-12)23-11-16(22)20-19-13(2)10-15(21)18-17(3,4)5/h6-9H,10-11H2,1-5H3,(H,18,21)(H,20,22). The van der Waals surface area contributed by atoms with Crippen molar-refractivity contribution in [3.8, 4) is 5.75 Å². The smallest absolute Gasteiger partial charge is 0.277 e. The van der Waals surface area contributed by atoms with Gasteiger partial charge in [0.15, 0.2) is 6.61 Å². The van der Waals surface area contributed by atoms with E-state index in [0.29, 0.717) is 11.5 Å². The molecule has 0 aliphatic carbocycles. The molecule has 0 aliphatic heterocycles. The molecule has 1 aromatic carbocycles. The molecule has 0 fully saturated rings. The normalized spacial score (nSPS) is 11.8. The Balaban J connectivity index is 2.36. The first-order valence-corrected chi connectivity index (χ1v) is 7.48. The minimum atomic E-state index is -0.374. The number of carbonyl (C=O) groups excluding carboxylic acids is 2. The molecule has 6 nitrogen and oxygen atoms in total. The maximum Gasteiger partial charge on any atom is 0.277 e. The van der Waals surface area contributed by atoms with Crippen molar-refractivity contribution in [2.45, 2.75) is 46.6 Å². The fourth-order valence-electron chi connectivity index (χ4n) is 1.71. The van der Waals surface area contributed by atoms with Crippen LogP contribution in [0, 0.1) is 6.92 Å². The molecule has 0 saturated heterocycles. The van der Waals surface area contributed by atoms with Crippen molar-refractivity contribution in [3.05, 3.63) is 29.8 Å². The SMILES string of the molecule is CC(CC(=O)NC(C)(C)C)=NNC(=O)COc1ccc(C)cc1. The van der Waals surface area contributed by atoms with Gasteiger partial charge in [0.2, 0.25) is 5.91 Å². The van der Waals surface area contributed by atoms with Crippen LogP contribution in [0.15, 0.2) is 29.4 Å². The highest BCUT2D eigenvalue weighted by Crippen LogP contribution is 2.10. The van der Waals surface area contributed by atoms with Gasteiger partial charge in [0.1, 0.15) is 5.75 Å². The first-order chi connectivity index (χ1) is 10.7. The van der Waals surface area contributed by atoms with Crippen molar-refractivity contribution in [1.29, 1.82) is 0 Å². The lowest BCUT2D eigenvalue weighted by molar-refractivity contribution is -0.123. The Labute approximate surface area is 137 Å². The summed E-state index contributed by atoms with van der Waals surface area (Å²) in [6.07, 6.45) is 0.135. The summed E-state index contributed by atoms with van der Waals surface area (Å²) in [5, 5.41) is 6.73. The van der Waals surface area contributed by atoms with Gasteiger partial charge in [-0.3, -0.25) is 9.59 Å². The van der Waals surface area contributed by atoms with E-state index in [1.54, 1.807) is 19.1 Å². The van der Waals surface area contributed by atoms with Crippen LogP contribution in [0.4, 0.5) is 0 Å². The van der Waals surface area contributed by atoms with Gasteiger partial charge in [-0.1, -0.05) is 17.7 Å². The summed E-state index contributed by atoms with van der Waals surface area (Å²) in [6.45, 7) is 9.24. The van der Waals surface area contributed by atoms with E-state index in [-0.39, 0.29) is 30.4 Å². The summed E-state index contributed by atoms with van der Waals surface area (Å²) in [4.78, 5) is 23.4. The zero-order valence-corrected chi connectivity index (χ0v) is 14.4. The van der Waals surface area contributed by atoms with Crippen LogP contribution in [0.1, 0.15) is 39.7 Å². The fourth-order valence-corrected chi connectivity index (χ4v) is 1.71. The molecule has 6 heteroatoms. The third-order valence-electron chi connectivity index (χ3n) is 2.69. The molecule has 2 N–H and O–H groups in total. The second-order valence-electron chi connectivity index (χ2n) is 6.46. The topological polar surface area (TPSA) is 79.8 Å². The third-order valence-corrected chi connectivity index (χ3v) is 2.69. The minimum absolute atomic E-state index is 0.131. The van der Waals surface area contributed by atoms with Crippen molar-refractivity contribution < 1.29 is 14.3 Å². The van der Waals surface area contributed by atoms with Crippen molar-refractivity contribution >= 4 is 17.5 Å². The molecule has 23 heavy (non-hydrogen) atoms. The molecular formula is C17H25N3O3. The van der Waals surface area contributed by atoms with Crippen LogP contribution in [0.3, 0.4) is 0 Å². The molecule has 0 bridgehead atoms. The van der Waals surface area contributed by atoms with Gasteiger partial charge in [0, 0.05) is 11.3 Å². The molecule has 1 aromatic rings. The highest BCUT2D eigenvalue weighted by molar-refractivity contribution is 6.00. The molecule has 0 saturated carbocycles. The molecule has 0 spiro atoms. The second-order valence-corrected chi connectivity index (χ2v) is 6.46. The van der Waals surface area contributed by atoms with Crippen LogP contribution >= 0.6 is 0 Å². The predicted molar refractivity (Wildman–Crippen MR) is 90.4 cm³/mol. The molecule has 0 radical (unpaired) electrons. The molecular weight excluding hydrogens is 294 g/mol. The van der Waals surface area contributed by atoms with Gasteiger partial charge in [-0.25, -0.2) is 5.43 Å². The number of aryl methyl sites for hydroxylation is 1. The lowest BCUT2D eigenvalue weighted by atomic mass is 10.1. The number of ether oxygens (including phenoxy) is 1. The van der Waals surface area contributed by atoms with Crippen LogP contribution in [0.2, 0.25) is 0 Å². The van der Waals surface area contributed by atoms with E-state index in [1.165, 1.54) is 0 Å². The van der Waals surface area contributed by atoms with Crippen LogP contribution in [-0.4, -0.2) is 29.7 Å². The molecule has 0 aliphatic rings. The predicted octanol–water partition coefficient (Wildman–Crippen LogP) is 2.17. The van der Waals surface area contributed by atoms with Gasteiger partial charge in [0.25, 0.3) is 5.91 Å². The lowest BCUT2D eigenvalue weighted by Gasteiger charge is -2.20. The third kappa shape index (κ3) is 8.60. The van der Waals surface area contributed by atoms with E-state index in [0.717, 1.165) is 5.56 Å². The number of rotatable bonds is 6. The molecule has 0 aromatic heterocycles. The number of hydrazone groups is 1. The van der Waals surface area contributed by atoms with Crippen LogP contribution in [0.25, 0.3) is 0 Å². The van der Waals surface area contributed by atoms with Crippen LogP contribution < -0.4 is 15.5 Å². The molecule has 126 valence electrons. The summed E-state index contributed by atoms with van der Waals surface area (Å²) < 4.78 is 5.34. The van der Waals surface area contributed by atoms with Crippen molar-refractivity contribution in [2.24, 2.45) is 5.10 Å². The number of hydrogen-bond donors (Lipinski definition) is 2. The highest BCUT2D eigenvalue weighted by atomic mass is 16.5. The first kappa shape index (κ1) is 18.7. The summed E-state index contributed by atoms with van der Waals surface area (Å²) in [5.41, 5.74) is 3.73. The van der Waals surface area contributed by atoms with Gasteiger partial charge < -0.3 is 10.1 Å². The highest BCUT2D eigenvalue weighted by Gasteiger charge is 2.14. The minimum Gasteiger partial charge on any atom is -0.484 e. The van der Waals surface area contributed by atoms with E-state index >= 15 is 0 Å². The summed E-state index contributed by atoms with van der Waals surface area (Å²) in [7, 11) is 0. The zero-order valence-electron chi connectivity index (χ0n) is 14.4. The van der Waals surface area contributed by atoms with Crippen molar-refractivity contribution in [1.82, 2.24) is 10.7 Å². The zero-order chi connectivity index (χ0) is 17.5. The Hall–Kier alpha value is -2.37. The van der Waals surface area contributed by atoms with E-state index in [1.807, 2.05) is 39.8 Å². The number of amides is 2. The fraction of sp³-hybridized carbons (Fsp3) is 0.471. The van der Waals surface area contributed by atoms with Crippen LogP contribution in [-0.2, 0) is 9.59 Å². The van der Waals surface area contributed by atoms with E-state index < -0.39 is 0 Å². The molecule has 0 atom stereocenters. The Morgan fingerprint density at radius 3 is 2.30 bits per heavy atom. The number of carbonyl (C=O) groups is 2.